The van der Waals surface area contributed by atoms with E-state index < -0.39 is 0 Å². The van der Waals surface area contributed by atoms with Crippen LogP contribution in [0.5, 0.6) is 0 Å². The van der Waals surface area contributed by atoms with E-state index in [2.05, 4.69) is 6.58 Å². The van der Waals surface area contributed by atoms with Crippen LogP contribution in [0.3, 0.4) is 0 Å². The van der Waals surface area contributed by atoms with Crippen LogP contribution in [0.2, 0.25) is 0 Å². The predicted molar refractivity (Wildman–Crippen MR) is 54.9 cm³/mol. The fraction of sp³-hybridized carbons (Fsp3) is 0.333. The molecule has 0 atom stereocenters. The third kappa shape index (κ3) is 2.25. The summed E-state index contributed by atoms with van der Waals surface area (Å²) in [5, 5.41) is 0. The molecule has 80 valence electrons. The Labute approximate surface area is 88.3 Å². The van der Waals surface area contributed by atoms with Gasteiger partial charge in [-0.1, -0.05) is 12.1 Å². The summed E-state index contributed by atoms with van der Waals surface area (Å²) in [6.45, 7) is 4.79. The van der Waals surface area contributed by atoms with Crippen LogP contribution in [0.15, 0.2) is 30.9 Å². The van der Waals surface area contributed by atoms with Crippen molar-refractivity contribution in [1.82, 2.24) is 0 Å². The first-order valence-corrected chi connectivity index (χ1v) is 4.93. The minimum absolute atomic E-state index is 0.211. The van der Waals surface area contributed by atoms with Gasteiger partial charge in [0.25, 0.3) is 0 Å². The van der Waals surface area contributed by atoms with Crippen molar-refractivity contribution in [3.05, 3.63) is 47.8 Å². The minimum Gasteiger partial charge on any atom is -0.346 e. The molecule has 0 radical (unpaired) electrons. The second-order valence-electron chi connectivity index (χ2n) is 3.42. The molecular weight excluding hydrogens is 195 g/mol. The van der Waals surface area contributed by atoms with Gasteiger partial charge in [0.15, 0.2) is 6.29 Å². The lowest BCUT2D eigenvalue weighted by atomic mass is 10.1. The normalized spacial score (nSPS) is 16.9. The van der Waals surface area contributed by atoms with E-state index in [9.17, 15) is 4.39 Å². The Kier molecular flexibility index (Phi) is 3.14. The molecule has 1 aromatic rings. The molecule has 0 aliphatic carbocycles. The molecule has 0 N–H and O–H groups in total. The highest BCUT2D eigenvalue weighted by Gasteiger charge is 2.18. The Morgan fingerprint density at radius 2 is 2.13 bits per heavy atom. The van der Waals surface area contributed by atoms with Crippen LogP contribution in [0.1, 0.15) is 17.4 Å². The second-order valence-corrected chi connectivity index (χ2v) is 3.42. The number of hydrogen-bond acceptors (Lipinski definition) is 2. The number of allylic oxidation sites excluding steroid dienone is 1. The first-order chi connectivity index (χ1) is 7.31. The number of hydrogen-bond donors (Lipinski definition) is 0. The summed E-state index contributed by atoms with van der Waals surface area (Å²) in [6, 6.07) is 4.91. The van der Waals surface area contributed by atoms with Crippen molar-refractivity contribution >= 4 is 0 Å². The lowest BCUT2D eigenvalue weighted by molar-refractivity contribution is -0.0441. The van der Waals surface area contributed by atoms with Gasteiger partial charge >= 0.3 is 0 Å². The molecule has 2 rings (SSSR count). The topological polar surface area (TPSA) is 18.5 Å². The largest absolute Gasteiger partial charge is 0.346 e. The molecule has 1 heterocycles. The van der Waals surface area contributed by atoms with E-state index in [1.807, 2.05) is 0 Å². The molecule has 1 aliphatic heterocycles. The molecule has 0 spiro atoms. The second kappa shape index (κ2) is 4.55. The van der Waals surface area contributed by atoms with Crippen molar-refractivity contribution in [2.45, 2.75) is 12.7 Å². The van der Waals surface area contributed by atoms with Crippen LogP contribution < -0.4 is 0 Å². The Balaban J connectivity index is 2.24. The van der Waals surface area contributed by atoms with Gasteiger partial charge in [0.2, 0.25) is 0 Å². The lowest BCUT2D eigenvalue weighted by Crippen LogP contribution is -2.00. The summed E-state index contributed by atoms with van der Waals surface area (Å²) in [4.78, 5) is 0. The van der Waals surface area contributed by atoms with Gasteiger partial charge in [-0.3, -0.25) is 0 Å². The minimum atomic E-state index is -0.339. The average Bonchev–Trinajstić information content (AvgIpc) is 2.75. The summed E-state index contributed by atoms with van der Waals surface area (Å²) in [5.41, 5.74) is 1.49. The van der Waals surface area contributed by atoms with Crippen LogP contribution in [0.4, 0.5) is 4.39 Å². The van der Waals surface area contributed by atoms with Gasteiger partial charge in [0, 0.05) is 5.56 Å². The molecule has 0 unspecified atom stereocenters. The summed E-state index contributed by atoms with van der Waals surface area (Å²) >= 11 is 0. The van der Waals surface area contributed by atoms with Crippen molar-refractivity contribution in [1.29, 1.82) is 0 Å². The van der Waals surface area contributed by atoms with E-state index in [0.717, 1.165) is 5.56 Å². The fourth-order valence-corrected chi connectivity index (χ4v) is 1.60. The Morgan fingerprint density at radius 1 is 1.40 bits per heavy atom. The molecule has 0 saturated carbocycles. The SMILES string of the molecule is C=CCc1cc(C2OCCO2)ccc1F. The zero-order valence-electron chi connectivity index (χ0n) is 8.41. The third-order valence-electron chi connectivity index (χ3n) is 2.33. The summed E-state index contributed by atoms with van der Waals surface area (Å²) in [7, 11) is 0. The summed E-state index contributed by atoms with van der Waals surface area (Å²) < 4.78 is 24.0. The van der Waals surface area contributed by atoms with Crippen LogP contribution in [0.25, 0.3) is 0 Å². The molecule has 15 heavy (non-hydrogen) atoms. The van der Waals surface area contributed by atoms with E-state index in [1.165, 1.54) is 6.07 Å². The van der Waals surface area contributed by atoms with E-state index in [-0.39, 0.29) is 12.1 Å². The maximum atomic E-state index is 13.3. The Morgan fingerprint density at radius 3 is 2.80 bits per heavy atom. The van der Waals surface area contributed by atoms with Crippen LogP contribution >= 0.6 is 0 Å². The number of halogens is 1. The number of benzene rings is 1. The van der Waals surface area contributed by atoms with Gasteiger partial charge in [-0.15, -0.1) is 6.58 Å². The van der Waals surface area contributed by atoms with E-state index in [0.29, 0.717) is 25.2 Å². The maximum Gasteiger partial charge on any atom is 0.184 e. The zero-order valence-corrected chi connectivity index (χ0v) is 8.41. The fourth-order valence-electron chi connectivity index (χ4n) is 1.60. The quantitative estimate of drug-likeness (QED) is 0.711. The van der Waals surface area contributed by atoms with Crippen molar-refractivity contribution in [3.8, 4) is 0 Å². The third-order valence-corrected chi connectivity index (χ3v) is 2.33. The molecule has 3 heteroatoms. The van der Waals surface area contributed by atoms with Crippen LogP contribution in [-0.4, -0.2) is 13.2 Å². The molecule has 0 aromatic heterocycles. The van der Waals surface area contributed by atoms with Gasteiger partial charge in [0.05, 0.1) is 13.2 Å². The first-order valence-electron chi connectivity index (χ1n) is 4.93. The monoisotopic (exact) mass is 208 g/mol. The first kappa shape index (κ1) is 10.3. The van der Waals surface area contributed by atoms with E-state index >= 15 is 0 Å². The van der Waals surface area contributed by atoms with Crippen molar-refractivity contribution < 1.29 is 13.9 Å². The number of ether oxygens (including phenoxy) is 2. The number of rotatable bonds is 3. The molecule has 1 saturated heterocycles. The standard InChI is InChI=1S/C12H13FO2/c1-2-3-9-8-10(4-5-11(9)13)12-14-6-7-15-12/h2,4-5,8,12H,1,3,6-7H2. The molecule has 1 aromatic carbocycles. The van der Waals surface area contributed by atoms with Gasteiger partial charge in [-0.05, 0) is 24.1 Å². The smallest absolute Gasteiger partial charge is 0.184 e. The van der Waals surface area contributed by atoms with Crippen molar-refractivity contribution in [2.75, 3.05) is 13.2 Å². The highest BCUT2D eigenvalue weighted by Crippen LogP contribution is 2.25. The average molecular weight is 208 g/mol. The molecule has 0 amide bonds. The molecule has 0 bridgehead atoms. The van der Waals surface area contributed by atoms with Gasteiger partial charge in [-0.2, -0.15) is 0 Å². The van der Waals surface area contributed by atoms with Crippen LogP contribution in [0, 0.1) is 5.82 Å². The predicted octanol–water partition coefficient (Wildman–Crippen LogP) is 2.60. The van der Waals surface area contributed by atoms with Gasteiger partial charge < -0.3 is 9.47 Å². The van der Waals surface area contributed by atoms with Crippen LogP contribution in [-0.2, 0) is 15.9 Å². The molecule has 1 aliphatic rings. The highest BCUT2D eigenvalue weighted by molar-refractivity contribution is 5.27. The lowest BCUT2D eigenvalue weighted by Gasteiger charge is -2.10. The van der Waals surface area contributed by atoms with Crippen molar-refractivity contribution in [2.24, 2.45) is 0 Å². The van der Waals surface area contributed by atoms with Gasteiger partial charge in [-0.25, -0.2) is 4.39 Å². The molecular formula is C12H13FO2. The molecule has 2 nitrogen and oxygen atoms in total. The summed E-state index contributed by atoms with van der Waals surface area (Å²) in [5.74, 6) is -0.211. The maximum absolute atomic E-state index is 13.3. The highest BCUT2D eigenvalue weighted by atomic mass is 19.1. The van der Waals surface area contributed by atoms with E-state index in [4.69, 9.17) is 9.47 Å². The van der Waals surface area contributed by atoms with E-state index in [1.54, 1.807) is 18.2 Å². The molecule has 1 fully saturated rings. The van der Waals surface area contributed by atoms with Gasteiger partial charge in [0.1, 0.15) is 5.82 Å². The summed E-state index contributed by atoms with van der Waals surface area (Å²) in [6.07, 6.45) is 1.86. The van der Waals surface area contributed by atoms with Crippen molar-refractivity contribution in [3.63, 3.8) is 0 Å². The Bertz CT molecular complexity index is 357. The zero-order chi connectivity index (χ0) is 10.7. The Hall–Kier alpha value is -1.19.